The molecular formula is C22H30N2O2S. The van der Waals surface area contributed by atoms with Crippen molar-refractivity contribution in [2.45, 2.75) is 50.5 Å². The molecule has 4 nitrogen and oxygen atoms in total. The third-order valence-electron chi connectivity index (χ3n) is 5.26. The normalized spacial score (nSPS) is 15.1. The minimum absolute atomic E-state index is 0.347. The number of unbranched alkanes of at least 4 members (excludes halogenated alkanes) is 1. The lowest BCUT2D eigenvalue weighted by Crippen LogP contribution is -2.32. The van der Waals surface area contributed by atoms with Crippen molar-refractivity contribution in [1.82, 2.24) is 9.62 Å². The van der Waals surface area contributed by atoms with E-state index in [1.807, 2.05) is 12.1 Å². The van der Waals surface area contributed by atoms with Crippen LogP contribution in [0.4, 0.5) is 0 Å². The van der Waals surface area contributed by atoms with Crippen molar-refractivity contribution < 1.29 is 8.42 Å². The first-order valence-electron chi connectivity index (χ1n) is 9.84. The van der Waals surface area contributed by atoms with Crippen LogP contribution in [0.1, 0.15) is 49.3 Å². The Kier molecular flexibility index (Phi) is 6.68. The quantitative estimate of drug-likeness (QED) is 0.700. The highest BCUT2D eigenvalue weighted by atomic mass is 32.2. The lowest BCUT2D eigenvalue weighted by Gasteiger charge is -2.28. The van der Waals surface area contributed by atoms with Gasteiger partial charge in [0.05, 0.1) is 4.90 Å². The van der Waals surface area contributed by atoms with E-state index in [0.29, 0.717) is 17.4 Å². The standard InChI is InChI=1S/C22H30N2O2S/c1-18(2)19-9-11-22(12-10-19)27(25,26)23-14-5-6-15-24-16-13-20-7-3-4-8-21(20)17-24/h3-4,7-12,18,23H,5-6,13-17H2,1-2H3. The zero-order valence-corrected chi connectivity index (χ0v) is 17.1. The summed E-state index contributed by atoms with van der Waals surface area (Å²) in [5, 5.41) is 0. The lowest BCUT2D eigenvalue weighted by atomic mass is 10.00. The fraction of sp³-hybridized carbons (Fsp3) is 0.455. The van der Waals surface area contributed by atoms with Gasteiger partial charge in [-0.15, -0.1) is 0 Å². The van der Waals surface area contributed by atoms with E-state index in [9.17, 15) is 8.42 Å². The van der Waals surface area contributed by atoms with E-state index in [0.717, 1.165) is 44.5 Å². The maximum atomic E-state index is 12.4. The first kappa shape index (κ1) is 20.1. The second-order valence-corrected chi connectivity index (χ2v) is 9.39. The number of benzene rings is 2. The van der Waals surface area contributed by atoms with Crippen LogP contribution in [0.15, 0.2) is 53.4 Å². The molecule has 1 aliphatic rings. The molecule has 0 spiro atoms. The maximum absolute atomic E-state index is 12.4. The van der Waals surface area contributed by atoms with Gasteiger partial charge >= 0.3 is 0 Å². The van der Waals surface area contributed by atoms with Gasteiger partial charge in [0.25, 0.3) is 0 Å². The summed E-state index contributed by atoms with van der Waals surface area (Å²) in [6, 6.07) is 15.8. The summed E-state index contributed by atoms with van der Waals surface area (Å²) < 4.78 is 27.5. The Hall–Kier alpha value is -1.69. The third-order valence-corrected chi connectivity index (χ3v) is 6.74. The molecule has 1 aliphatic heterocycles. The number of rotatable bonds is 8. The fourth-order valence-electron chi connectivity index (χ4n) is 3.53. The molecule has 27 heavy (non-hydrogen) atoms. The van der Waals surface area contributed by atoms with Crippen LogP contribution in [-0.4, -0.2) is 33.0 Å². The van der Waals surface area contributed by atoms with Gasteiger partial charge in [-0.1, -0.05) is 50.2 Å². The van der Waals surface area contributed by atoms with Crippen LogP contribution in [0, 0.1) is 0 Å². The van der Waals surface area contributed by atoms with Gasteiger partial charge in [0, 0.05) is 19.6 Å². The van der Waals surface area contributed by atoms with Crippen LogP contribution >= 0.6 is 0 Å². The molecule has 1 heterocycles. The summed E-state index contributed by atoms with van der Waals surface area (Å²) in [4.78, 5) is 2.81. The van der Waals surface area contributed by atoms with Crippen LogP contribution in [0.2, 0.25) is 0 Å². The number of nitrogens with one attached hydrogen (secondary N) is 1. The number of fused-ring (bicyclic) bond motifs is 1. The van der Waals surface area contributed by atoms with Crippen molar-refractivity contribution in [2.75, 3.05) is 19.6 Å². The average molecular weight is 387 g/mol. The monoisotopic (exact) mass is 386 g/mol. The molecule has 0 radical (unpaired) electrons. The van der Waals surface area contributed by atoms with Gasteiger partial charge in [-0.3, -0.25) is 4.90 Å². The Morgan fingerprint density at radius 2 is 1.70 bits per heavy atom. The van der Waals surface area contributed by atoms with Gasteiger partial charge in [0.1, 0.15) is 0 Å². The highest BCUT2D eigenvalue weighted by Crippen LogP contribution is 2.19. The van der Waals surface area contributed by atoms with E-state index in [2.05, 4.69) is 47.7 Å². The summed E-state index contributed by atoms with van der Waals surface area (Å²) in [6.45, 7) is 7.79. The van der Waals surface area contributed by atoms with Gasteiger partial charge in [0.15, 0.2) is 0 Å². The summed E-state index contributed by atoms with van der Waals surface area (Å²) in [6.07, 6.45) is 2.95. The molecule has 2 aromatic carbocycles. The van der Waals surface area contributed by atoms with Crippen molar-refractivity contribution in [3.05, 3.63) is 65.2 Å². The van der Waals surface area contributed by atoms with Gasteiger partial charge in [0.2, 0.25) is 10.0 Å². The van der Waals surface area contributed by atoms with Crippen LogP contribution in [-0.2, 0) is 23.0 Å². The molecule has 0 fully saturated rings. The lowest BCUT2D eigenvalue weighted by molar-refractivity contribution is 0.249. The first-order valence-corrected chi connectivity index (χ1v) is 11.3. The number of hydrogen-bond acceptors (Lipinski definition) is 3. The number of nitrogens with zero attached hydrogens (tertiary/aromatic N) is 1. The smallest absolute Gasteiger partial charge is 0.240 e. The summed E-state index contributed by atoms with van der Waals surface area (Å²) in [5.74, 6) is 0.400. The fourth-order valence-corrected chi connectivity index (χ4v) is 4.60. The molecule has 5 heteroatoms. The van der Waals surface area contributed by atoms with Crippen molar-refractivity contribution in [1.29, 1.82) is 0 Å². The third kappa shape index (κ3) is 5.41. The van der Waals surface area contributed by atoms with Gasteiger partial charge in [-0.05, 0) is 60.5 Å². The highest BCUT2D eigenvalue weighted by Gasteiger charge is 2.16. The molecule has 0 saturated carbocycles. The number of sulfonamides is 1. The van der Waals surface area contributed by atoms with E-state index >= 15 is 0 Å². The van der Waals surface area contributed by atoms with Crippen molar-refractivity contribution in [3.8, 4) is 0 Å². The van der Waals surface area contributed by atoms with E-state index < -0.39 is 10.0 Å². The van der Waals surface area contributed by atoms with E-state index in [4.69, 9.17) is 0 Å². The van der Waals surface area contributed by atoms with Gasteiger partial charge in [-0.2, -0.15) is 0 Å². The molecule has 0 aliphatic carbocycles. The minimum atomic E-state index is -3.41. The molecule has 0 saturated heterocycles. The molecule has 0 aromatic heterocycles. The van der Waals surface area contributed by atoms with Gasteiger partial charge in [-0.25, -0.2) is 13.1 Å². The molecule has 3 rings (SSSR count). The summed E-state index contributed by atoms with van der Waals surface area (Å²) in [5.41, 5.74) is 4.04. The zero-order valence-electron chi connectivity index (χ0n) is 16.3. The molecule has 2 aromatic rings. The second kappa shape index (κ2) is 9.00. The molecule has 0 amide bonds. The molecule has 0 unspecified atom stereocenters. The summed E-state index contributed by atoms with van der Waals surface area (Å²) in [7, 11) is -3.41. The number of hydrogen-bond donors (Lipinski definition) is 1. The molecule has 0 atom stereocenters. The van der Waals surface area contributed by atoms with Crippen molar-refractivity contribution >= 4 is 10.0 Å². The van der Waals surface area contributed by atoms with Gasteiger partial charge < -0.3 is 0 Å². The van der Waals surface area contributed by atoms with Crippen molar-refractivity contribution in [3.63, 3.8) is 0 Å². The molecule has 146 valence electrons. The van der Waals surface area contributed by atoms with E-state index in [-0.39, 0.29) is 0 Å². The molecule has 1 N–H and O–H groups in total. The SMILES string of the molecule is CC(C)c1ccc(S(=O)(=O)NCCCCN2CCc3ccccc3C2)cc1. The highest BCUT2D eigenvalue weighted by molar-refractivity contribution is 7.89. The van der Waals surface area contributed by atoms with E-state index in [1.165, 1.54) is 11.1 Å². The van der Waals surface area contributed by atoms with Crippen molar-refractivity contribution in [2.24, 2.45) is 0 Å². The predicted octanol–water partition coefficient (Wildman–Crippen LogP) is 3.93. The minimum Gasteiger partial charge on any atom is -0.299 e. The van der Waals surface area contributed by atoms with Crippen LogP contribution in [0.5, 0.6) is 0 Å². The largest absolute Gasteiger partial charge is 0.299 e. The second-order valence-electron chi connectivity index (χ2n) is 7.62. The average Bonchev–Trinajstić information content (AvgIpc) is 2.67. The van der Waals surface area contributed by atoms with Crippen LogP contribution in [0.25, 0.3) is 0 Å². The topological polar surface area (TPSA) is 49.4 Å². The Bertz CT molecular complexity index is 845. The Labute approximate surface area is 163 Å². The predicted molar refractivity (Wildman–Crippen MR) is 110 cm³/mol. The molecular weight excluding hydrogens is 356 g/mol. The Morgan fingerprint density at radius 3 is 2.41 bits per heavy atom. The summed E-state index contributed by atoms with van der Waals surface area (Å²) >= 11 is 0. The first-order chi connectivity index (χ1) is 13.0. The zero-order chi connectivity index (χ0) is 19.3. The Morgan fingerprint density at radius 1 is 1.00 bits per heavy atom. The van der Waals surface area contributed by atoms with Crippen LogP contribution < -0.4 is 4.72 Å². The van der Waals surface area contributed by atoms with Crippen LogP contribution in [0.3, 0.4) is 0 Å². The molecule has 0 bridgehead atoms. The Balaban J connectivity index is 1.41. The van der Waals surface area contributed by atoms with E-state index in [1.54, 1.807) is 12.1 Å². The maximum Gasteiger partial charge on any atom is 0.240 e.